The van der Waals surface area contributed by atoms with Crippen LogP contribution < -0.4 is 0 Å². The van der Waals surface area contributed by atoms with Gasteiger partial charge in [0, 0.05) is 7.05 Å². The van der Waals surface area contributed by atoms with Crippen molar-refractivity contribution in [2.45, 2.75) is 5.03 Å². The van der Waals surface area contributed by atoms with Crippen molar-refractivity contribution in [3.8, 4) is 0 Å². The minimum atomic E-state index is -2.39. The second-order valence-corrected chi connectivity index (χ2v) is 3.04. The highest BCUT2D eigenvalue weighted by atomic mass is 32.2. The summed E-state index contributed by atoms with van der Waals surface area (Å²) < 4.78 is 22.0. The van der Waals surface area contributed by atoms with E-state index in [4.69, 9.17) is 5.11 Å². The van der Waals surface area contributed by atoms with Gasteiger partial charge in [0.05, 0.1) is 5.03 Å². The lowest BCUT2D eigenvalue weighted by molar-refractivity contribution is 0.0685. The molecule has 0 saturated carbocycles. The third-order valence-corrected chi connectivity index (χ3v) is 2.22. The number of rotatable bonds is 2. The van der Waals surface area contributed by atoms with Gasteiger partial charge >= 0.3 is 5.97 Å². The molecule has 0 aliphatic carbocycles. The first-order chi connectivity index (χ1) is 5.54. The summed E-state index contributed by atoms with van der Waals surface area (Å²) in [5.41, 5.74) is -0.0470. The molecule has 0 radical (unpaired) electrons. The van der Waals surface area contributed by atoms with Crippen LogP contribution in [0.25, 0.3) is 0 Å². The van der Waals surface area contributed by atoms with Crippen molar-refractivity contribution in [2.75, 3.05) is 0 Å². The number of hydrogen-bond acceptors (Lipinski definition) is 3. The van der Waals surface area contributed by atoms with Crippen molar-refractivity contribution in [1.29, 1.82) is 0 Å². The zero-order valence-electron chi connectivity index (χ0n) is 6.18. The molecule has 0 bridgehead atoms. The highest BCUT2D eigenvalue weighted by Gasteiger charge is 2.10. The van der Waals surface area contributed by atoms with Crippen LogP contribution in [0.15, 0.2) is 17.2 Å². The molecular formula is C6H6NO4S-. The highest BCUT2D eigenvalue weighted by Crippen LogP contribution is 2.09. The second kappa shape index (κ2) is 3.08. The van der Waals surface area contributed by atoms with Crippen molar-refractivity contribution in [1.82, 2.24) is 4.57 Å². The number of nitrogens with zero attached hydrogens (tertiary/aromatic N) is 1. The van der Waals surface area contributed by atoms with E-state index < -0.39 is 17.0 Å². The third kappa shape index (κ3) is 1.39. The van der Waals surface area contributed by atoms with Crippen molar-refractivity contribution in [2.24, 2.45) is 7.05 Å². The van der Waals surface area contributed by atoms with Gasteiger partial charge in [-0.25, -0.2) is 4.79 Å². The summed E-state index contributed by atoms with van der Waals surface area (Å²) in [5, 5.41) is 8.50. The Morgan fingerprint density at radius 3 is 2.50 bits per heavy atom. The monoisotopic (exact) mass is 188 g/mol. The van der Waals surface area contributed by atoms with Crippen LogP contribution in [0.4, 0.5) is 0 Å². The van der Waals surface area contributed by atoms with Gasteiger partial charge in [-0.05, 0) is 23.2 Å². The van der Waals surface area contributed by atoms with Crippen LogP contribution in [-0.4, -0.2) is 24.4 Å². The van der Waals surface area contributed by atoms with E-state index in [0.717, 1.165) is 4.57 Å². The maximum Gasteiger partial charge on any atom is 0.352 e. The van der Waals surface area contributed by atoms with Gasteiger partial charge in [0.15, 0.2) is 0 Å². The molecule has 1 rings (SSSR count). The molecule has 1 heterocycles. The first-order valence-electron chi connectivity index (χ1n) is 3.02. The summed E-state index contributed by atoms with van der Waals surface area (Å²) >= 11 is -2.39. The average molecular weight is 188 g/mol. The van der Waals surface area contributed by atoms with Crippen LogP contribution in [0, 0.1) is 0 Å². The molecule has 0 aliphatic rings. The SMILES string of the molecule is Cn1c(C(=O)O)ccc1S(=O)[O-]. The van der Waals surface area contributed by atoms with Gasteiger partial charge in [0.2, 0.25) is 0 Å². The fourth-order valence-corrected chi connectivity index (χ4v) is 1.38. The van der Waals surface area contributed by atoms with Crippen molar-refractivity contribution < 1.29 is 18.7 Å². The zero-order chi connectivity index (χ0) is 9.30. The summed E-state index contributed by atoms with van der Waals surface area (Å²) in [6.45, 7) is 0. The molecule has 0 amide bonds. The van der Waals surface area contributed by atoms with Gasteiger partial charge in [0.25, 0.3) is 0 Å². The van der Waals surface area contributed by atoms with Gasteiger partial charge in [-0.3, -0.25) is 4.21 Å². The predicted octanol–water partition coefficient (Wildman–Crippen LogP) is -0.0387. The first kappa shape index (κ1) is 8.95. The molecule has 12 heavy (non-hydrogen) atoms. The lowest BCUT2D eigenvalue weighted by Gasteiger charge is -2.06. The standard InChI is InChI=1S/C6H7NO4S/c1-7-4(6(8)9)2-3-5(7)12(10)11/h2-3H,1H3,(H,8,9)(H,10,11)/p-1. The molecule has 1 atom stereocenters. The second-order valence-electron chi connectivity index (χ2n) is 2.16. The van der Waals surface area contributed by atoms with E-state index in [1.807, 2.05) is 0 Å². The van der Waals surface area contributed by atoms with Crippen LogP contribution in [0.5, 0.6) is 0 Å². The van der Waals surface area contributed by atoms with Crippen molar-refractivity contribution in [3.05, 3.63) is 17.8 Å². The number of aromatic carboxylic acids is 1. The van der Waals surface area contributed by atoms with Gasteiger partial charge in [-0.2, -0.15) is 0 Å². The minimum absolute atomic E-state index is 0.0348. The Balaban J connectivity index is 3.22. The largest absolute Gasteiger partial charge is 0.767 e. The molecule has 0 spiro atoms. The topological polar surface area (TPSA) is 82.4 Å². The molecule has 0 aromatic carbocycles. The summed E-state index contributed by atoms with van der Waals surface area (Å²) in [7, 11) is 1.38. The van der Waals surface area contributed by atoms with E-state index in [2.05, 4.69) is 0 Å². The molecule has 1 unspecified atom stereocenters. The maximum absolute atomic E-state index is 10.4. The van der Waals surface area contributed by atoms with E-state index in [9.17, 15) is 13.6 Å². The summed E-state index contributed by atoms with van der Waals surface area (Å²) in [4.78, 5) is 10.4. The Labute approximate surface area is 70.9 Å². The Kier molecular flexibility index (Phi) is 2.30. The quantitative estimate of drug-likeness (QED) is 0.660. The normalized spacial score (nSPS) is 12.8. The average Bonchev–Trinajstić information content (AvgIpc) is 2.30. The number of carbonyl (C=O) groups is 1. The van der Waals surface area contributed by atoms with Crippen LogP contribution >= 0.6 is 0 Å². The van der Waals surface area contributed by atoms with Crippen LogP contribution in [-0.2, 0) is 18.1 Å². The number of carboxylic acid groups (broad SMARTS) is 1. The zero-order valence-corrected chi connectivity index (χ0v) is 7.00. The van der Waals surface area contributed by atoms with E-state index in [0.29, 0.717) is 0 Å². The summed E-state index contributed by atoms with van der Waals surface area (Å²) in [5.74, 6) is -1.14. The molecule has 6 heteroatoms. The van der Waals surface area contributed by atoms with E-state index >= 15 is 0 Å². The highest BCUT2D eigenvalue weighted by molar-refractivity contribution is 7.79. The predicted molar refractivity (Wildman–Crippen MR) is 39.6 cm³/mol. The summed E-state index contributed by atoms with van der Waals surface area (Å²) in [6.07, 6.45) is 0. The van der Waals surface area contributed by atoms with Crippen LogP contribution in [0.1, 0.15) is 10.5 Å². The number of hydrogen-bond donors (Lipinski definition) is 1. The Morgan fingerprint density at radius 1 is 1.67 bits per heavy atom. The molecule has 0 saturated heterocycles. The number of aromatic nitrogens is 1. The molecule has 1 aromatic rings. The fourth-order valence-electron chi connectivity index (χ4n) is 0.875. The third-order valence-electron chi connectivity index (χ3n) is 1.47. The Bertz CT molecular complexity index is 312. The van der Waals surface area contributed by atoms with Crippen LogP contribution in [0.2, 0.25) is 0 Å². The molecule has 66 valence electrons. The van der Waals surface area contributed by atoms with Gasteiger partial charge < -0.3 is 14.2 Å². The maximum atomic E-state index is 10.4. The first-order valence-corrected chi connectivity index (χ1v) is 4.10. The van der Waals surface area contributed by atoms with Crippen molar-refractivity contribution in [3.63, 3.8) is 0 Å². The molecule has 1 N–H and O–H groups in total. The molecular weight excluding hydrogens is 182 g/mol. The Hall–Kier alpha value is -1.14. The lowest BCUT2D eigenvalue weighted by atomic mass is 10.4. The minimum Gasteiger partial charge on any atom is -0.767 e. The van der Waals surface area contributed by atoms with Gasteiger partial charge in [-0.1, -0.05) is 0 Å². The van der Waals surface area contributed by atoms with E-state index in [1.54, 1.807) is 0 Å². The number of carboxylic acids is 1. The van der Waals surface area contributed by atoms with Crippen LogP contribution in [0.3, 0.4) is 0 Å². The smallest absolute Gasteiger partial charge is 0.352 e. The van der Waals surface area contributed by atoms with Gasteiger partial charge in [0.1, 0.15) is 5.69 Å². The molecule has 1 aromatic heterocycles. The molecule has 0 aliphatic heterocycles. The lowest BCUT2D eigenvalue weighted by Crippen LogP contribution is -2.07. The van der Waals surface area contributed by atoms with E-state index in [1.165, 1.54) is 19.2 Å². The summed E-state index contributed by atoms with van der Waals surface area (Å²) in [6, 6.07) is 2.49. The van der Waals surface area contributed by atoms with E-state index in [-0.39, 0.29) is 10.7 Å². The fraction of sp³-hybridized carbons (Fsp3) is 0.167. The Morgan fingerprint density at radius 2 is 2.25 bits per heavy atom. The van der Waals surface area contributed by atoms with Gasteiger partial charge in [-0.15, -0.1) is 0 Å². The molecule has 5 nitrogen and oxygen atoms in total. The van der Waals surface area contributed by atoms with Crippen molar-refractivity contribution >= 4 is 17.0 Å². The molecule has 0 fully saturated rings.